The van der Waals surface area contributed by atoms with E-state index in [0.29, 0.717) is 5.75 Å². The molecule has 8 heteroatoms. The highest BCUT2D eigenvalue weighted by molar-refractivity contribution is 5.98. The second-order valence-electron chi connectivity index (χ2n) is 8.90. The van der Waals surface area contributed by atoms with Crippen LogP contribution in [-0.4, -0.2) is 48.4 Å². The van der Waals surface area contributed by atoms with Crippen molar-refractivity contribution in [3.8, 4) is 5.75 Å². The van der Waals surface area contributed by atoms with Crippen LogP contribution in [0.1, 0.15) is 50.8 Å². The Bertz CT molecular complexity index is 984. The summed E-state index contributed by atoms with van der Waals surface area (Å²) in [5.74, 6) is -0.373. The minimum atomic E-state index is -1.06. The molecular weight excluding hydrogens is 424 g/mol. The van der Waals surface area contributed by atoms with Crippen LogP contribution in [0.2, 0.25) is 0 Å². The fourth-order valence-electron chi connectivity index (χ4n) is 3.67. The van der Waals surface area contributed by atoms with Crippen LogP contribution in [0.3, 0.4) is 0 Å². The predicted molar refractivity (Wildman–Crippen MR) is 122 cm³/mol. The highest BCUT2D eigenvalue weighted by atomic mass is 16.6. The number of ether oxygens (including phenoxy) is 3. The van der Waals surface area contributed by atoms with Crippen molar-refractivity contribution in [1.82, 2.24) is 10.2 Å². The van der Waals surface area contributed by atoms with Gasteiger partial charge in [0.25, 0.3) is 5.91 Å². The summed E-state index contributed by atoms with van der Waals surface area (Å²) in [7, 11) is 1.57. The van der Waals surface area contributed by atoms with E-state index >= 15 is 0 Å². The highest BCUT2D eigenvalue weighted by Gasteiger charge is 2.44. The Hall–Kier alpha value is -3.55. The molecule has 3 amide bonds. The van der Waals surface area contributed by atoms with Crippen LogP contribution in [0, 0.1) is 0 Å². The standard InChI is InChI=1S/C25H30N2O6/c1-16(17-11-13-19(31-5)14-12-17)21(26-23(29)33-25(2,3)4)22(28)27-20(15-32-24(27)30)18-9-7-6-8-10-18/h6-14,16,20-21H,15H2,1-5H3,(H,26,29)/t16-,20-,21-/m0/s1. The van der Waals surface area contributed by atoms with Crippen molar-refractivity contribution in [2.24, 2.45) is 0 Å². The topological polar surface area (TPSA) is 94.2 Å². The fourth-order valence-corrected chi connectivity index (χ4v) is 3.67. The van der Waals surface area contributed by atoms with Gasteiger partial charge in [0.2, 0.25) is 0 Å². The number of nitrogens with zero attached hydrogens (tertiary/aromatic N) is 1. The van der Waals surface area contributed by atoms with E-state index in [0.717, 1.165) is 16.0 Å². The Morgan fingerprint density at radius 2 is 1.73 bits per heavy atom. The lowest BCUT2D eigenvalue weighted by atomic mass is 9.91. The molecule has 1 fully saturated rings. The summed E-state index contributed by atoms with van der Waals surface area (Å²) in [6, 6.07) is 14.7. The molecule has 2 aromatic carbocycles. The van der Waals surface area contributed by atoms with Crippen molar-refractivity contribution in [1.29, 1.82) is 0 Å². The number of hydrogen-bond donors (Lipinski definition) is 1. The maximum atomic E-state index is 13.7. The average Bonchev–Trinajstić information content (AvgIpc) is 3.17. The van der Waals surface area contributed by atoms with Gasteiger partial charge in [0.05, 0.1) is 7.11 Å². The molecule has 1 aliphatic rings. The van der Waals surface area contributed by atoms with Gasteiger partial charge in [0, 0.05) is 5.92 Å². The Morgan fingerprint density at radius 1 is 1.09 bits per heavy atom. The zero-order valence-corrected chi connectivity index (χ0v) is 19.5. The monoisotopic (exact) mass is 454 g/mol. The van der Waals surface area contributed by atoms with Gasteiger partial charge in [0.1, 0.15) is 30.0 Å². The Balaban J connectivity index is 1.93. The molecule has 0 aliphatic carbocycles. The van der Waals surface area contributed by atoms with Crippen LogP contribution in [0.5, 0.6) is 5.75 Å². The van der Waals surface area contributed by atoms with E-state index in [2.05, 4.69) is 5.32 Å². The van der Waals surface area contributed by atoms with Crippen LogP contribution >= 0.6 is 0 Å². The van der Waals surface area contributed by atoms with Gasteiger partial charge in [-0.2, -0.15) is 0 Å². The molecule has 0 spiro atoms. The van der Waals surface area contributed by atoms with Gasteiger partial charge in [-0.3, -0.25) is 4.79 Å². The van der Waals surface area contributed by atoms with E-state index in [9.17, 15) is 14.4 Å². The molecule has 33 heavy (non-hydrogen) atoms. The van der Waals surface area contributed by atoms with E-state index in [1.54, 1.807) is 46.9 Å². The number of rotatable bonds is 6. The molecule has 0 radical (unpaired) electrons. The molecule has 0 aromatic heterocycles. The molecular formula is C25H30N2O6. The number of hydrogen-bond acceptors (Lipinski definition) is 6. The minimum Gasteiger partial charge on any atom is -0.497 e. The molecule has 1 heterocycles. The zero-order valence-electron chi connectivity index (χ0n) is 19.5. The smallest absolute Gasteiger partial charge is 0.417 e. The van der Waals surface area contributed by atoms with Gasteiger partial charge in [-0.25, -0.2) is 14.5 Å². The maximum Gasteiger partial charge on any atom is 0.417 e. The number of benzene rings is 2. The third kappa shape index (κ3) is 5.83. The summed E-state index contributed by atoms with van der Waals surface area (Å²) in [6.45, 7) is 7.06. The van der Waals surface area contributed by atoms with Crippen molar-refractivity contribution in [3.05, 3.63) is 65.7 Å². The molecule has 3 atom stereocenters. The summed E-state index contributed by atoms with van der Waals surface area (Å²) in [5, 5.41) is 2.68. The van der Waals surface area contributed by atoms with Crippen molar-refractivity contribution in [3.63, 3.8) is 0 Å². The van der Waals surface area contributed by atoms with Crippen molar-refractivity contribution in [2.45, 2.75) is 51.3 Å². The van der Waals surface area contributed by atoms with Crippen LogP contribution in [-0.2, 0) is 14.3 Å². The van der Waals surface area contributed by atoms with Crippen LogP contribution in [0.25, 0.3) is 0 Å². The molecule has 0 bridgehead atoms. The predicted octanol–water partition coefficient (Wildman–Crippen LogP) is 4.41. The van der Waals surface area contributed by atoms with Crippen molar-refractivity contribution in [2.75, 3.05) is 13.7 Å². The van der Waals surface area contributed by atoms with Crippen molar-refractivity contribution >= 4 is 18.1 Å². The van der Waals surface area contributed by atoms with Gasteiger partial charge in [-0.05, 0) is 44.0 Å². The number of cyclic esters (lactones) is 1. The van der Waals surface area contributed by atoms with Gasteiger partial charge in [-0.15, -0.1) is 0 Å². The number of amides is 3. The molecule has 0 saturated carbocycles. The van der Waals surface area contributed by atoms with Crippen LogP contribution in [0.4, 0.5) is 9.59 Å². The molecule has 1 N–H and O–H groups in total. The van der Waals surface area contributed by atoms with Gasteiger partial charge < -0.3 is 19.5 Å². The Labute approximate surface area is 193 Å². The molecule has 176 valence electrons. The van der Waals surface area contributed by atoms with Gasteiger partial charge >= 0.3 is 12.2 Å². The quantitative estimate of drug-likeness (QED) is 0.695. The number of methoxy groups -OCH3 is 1. The minimum absolute atomic E-state index is 0.0463. The molecule has 2 aromatic rings. The fraction of sp³-hybridized carbons (Fsp3) is 0.400. The number of carbonyl (C=O) groups is 3. The van der Waals surface area contributed by atoms with E-state index in [1.807, 2.05) is 42.5 Å². The van der Waals surface area contributed by atoms with Gasteiger partial charge in [0.15, 0.2) is 0 Å². The first-order valence-electron chi connectivity index (χ1n) is 10.8. The Kier molecular flexibility index (Phi) is 7.26. The number of carbonyl (C=O) groups excluding carboxylic acids is 3. The molecule has 3 rings (SSSR count). The van der Waals surface area contributed by atoms with Crippen LogP contribution in [0.15, 0.2) is 54.6 Å². The highest BCUT2D eigenvalue weighted by Crippen LogP contribution is 2.31. The van der Waals surface area contributed by atoms with Crippen molar-refractivity contribution < 1.29 is 28.6 Å². The van der Waals surface area contributed by atoms with Crippen LogP contribution < -0.4 is 10.1 Å². The lowest BCUT2D eigenvalue weighted by Gasteiger charge is -2.30. The third-order valence-corrected chi connectivity index (χ3v) is 5.37. The maximum absolute atomic E-state index is 13.7. The first-order chi connectivity index (χ1) is 15.6. The lowest BCUT2D eigenvalue weighted by molar-refractivity contribution is -0.132. The summed E-state index contributed by atoms with van der Waals surface area (Å²) >= 11 is 0. The number of alkyl carbamates (subject to hydrolysis) is 1. The summed E-state index contributed by atoms with van der Waals surface area (Å²) < 4.78 is 15.8. The molecule has 8 nitrogen and oxygen atoms in total. The molecule has 1 saturated heterocycles. The third-order valence-electron chi connectivity index (χ3n) is 5.37. The van der Waals surface area contributed by atoms with E-state index in [-0.39, 0.29) is 6.61 Å². The number of imide groups is 1. The van der Waals surface area contributed by atoms with E-state index < -0.39 is 41.7 Å². The summed E-state index contributed by atoms with van der Waals surface area (Å²) in [5.41, 5.74) is 0.805. The van der Waals surface area contributed by atoms with E-state index in [1.165, 1.54) is 0 Å². The lowest BCUT2D eigenvalue weighted by Crippen LogP contribution is -2.52. The SMILES string of the molecule is COc1ccc([C@H](C)[C@H](NC(=O)OC(C)(C)C)C(=O)N2C(=O)OC[C@H]2c2ccccc2)cc1. The first-order valence-corrected chi connectivity index (χ1v) is 10.8. The Morgan fingerprint density at radius 3 is 2.30 bits per heavy atom. The largest absolute Gasteiger partial charge is 0.497 e. The van der Waals surface area contributed by atoms with Gasteiger partial charge in [-0.1, -0.05) is 49.4 Å². The average molecular weight is 455 g/mol. The zero-order chi connectivity index (χ0) is 24.2. The molecule has 1 aliphatic heterocycles. The second-order valence-corrected chi connectivity index (χ2v) is 8.90. The number of nitrogens with one attached hydrogen (secondary N) is 1. The summed E-state index contributed by atoms with van der Waals surface area (Å²) in [6.07, 6.45) is -1.49. The van der Waals surface area contributed by atoms with E-state index in [4.69, 9.17) is 14.2 Å². The first kappa shape index (κ1) is 24.1. The molecule has 0 unspecified atom stereocenters. The second kappa shape index (κ2) is 9.94. The summed E-state index contributed by atoms with van der Waals surface area (Å²) in [4.78, 5) is 40.0. The normalized spacial score (nSPS) is 17.7.